The molecule has 3 aromatic rings. The van der Waals surface area contributed by atoms with Crippen LogP contribution in [0.4, 0.5) is 0 Å². The number of halogens is 1. The largest absolute Gasteiger partial charge is 0.441 e. The quantitative estimate of drug-likeness (QED) is 0.691. The maximum Gasteiger partial charge on any atom is 0.226 e. The minimum absolute atomic E-state index is 0.223. The van der Waals surface area contributed by atoms with Crippen molar-refractivity contribution in [2.75, 3.05) is 6.54 Å². The molecule has 130 valence electrons. The molecule has 1 unspecified atom stereocenters. The van der Waals surface area contributed by atoms with Crippen molar-refractivity contribution in [2.24, 2.45) is 0 Å². The molecule has 0 saturated carbocycles. The fraction of sp³-hybridized carbons (Fsp3) is 0.389. The summed E-state index contributed by atoms with van der Waals surface area (Å²) in [5.74, 6) is 1.46. The average molecular weight is 359 g/mol. The summed E-state index contributed by atoms with van der Waals surface area (Å²) in [5.41, 5.74) is 3.66. The second-order valence-electron chi connectivity index (χ2n) is 6.39. The van der Waals surface area contributed by atoms with Crippen LogP contribution in [0.5, 0.6) is 0 Å². The molecule has 0 aliphatic carbocycles. The molecule has 1 aliphatic rings. The Morgan fingerprint density at radius 2 is 2.00 bits per heavy atom. The Morgan fingerprint density at radius 1 is 1.20 bits per heavy atom. The molecule has 0 bridgehead atoms. The molecular formula is C18H19ClN4O2. The van der Waals surface area contributed by atoms with Crippen LogP contribution in [0.2, 0.25) is 5.02 Å². The van der Waals surface area contributed by atoms with Gasteiger partial charge in [0.25, 0.3) is 0 Å². The molecule has 7 heteroatoms. The van der Waals surface area contributed by atoms with Crippen LogP contribution in [0.3, 0.4) is 0 Å². The molecule has 0 N–H and O–H groups in total. The third kappa shape index (κ3) is 3.19. The van der Waals surface area contributed by atoms with E-state index in [2.05, 4.69) is 15.2 Å². The lowest BCUT2D eigenvalue weighted by Gasteiger charge is -2.21. The van der Waals surface area contributed by atoms with Crippen molar-refractivity contribution >= 4 is 11.6 Å². The van der Waals surface area contributed by atoms with Gasteiger partial charge in [-0.05, 0) is 57.5 Å². The van der Waals surface area contributed by atoms with Crippen LogP contribution < -0.4 is 0 Å². The number of benzene rings is 1. The van der Waals surface area contributed by atoms with Crippen molar-refractivity contribution in [3.05, 3.63) is 52.1 Å². The molecule has 25 heavy (non-hydrogen) atoms. The number of rotatable bonds is 4. The van der Waals surface area contributed by atoms with Crippen molar-refractivity contribution in [3.8, 4) is 11.5 Å². The second-order valence-corrected chi connectivity index (χ2v) is 6.83. The molecule has 3 heterocycles. The van der Waals surface area contributed by atoms with Gasteiger partial charge in [0, 0.05) is 17.1 Å². The van der Waals surface area contributed by atoms with Crippen molar-refractivity contribution in [1.29, 1.82) is 0 Å². The first kappa shape index (κ1) is 16.3. The Bertz CT molecular complexity index is 872. The van der Waals surface area contributed by atoms with E-state index in [1.54, 1.807) is 0 Å². The number of oxazole rings is 1. The van der Waals surface area contributed by atoms with Gasteiger partial charge in [-0.2, -0.15) is 0 Å². The highest BCUT2D eigenvalue weighted by Gasteiger charge is 2.31. The summed E-state index contributed by atoms with van der Waals surface area (Å²) < 4.78 is 10.8. The highest BCUT2D eigenvalue weighted by atomic mass is 35.5. The van der Waals surface area contributed by atoms with Crippen molar-refractivity contribution < 1.29 is 9.05 Å². The fourth-order valence-electron chi connectivity index (χ4n) is 3.35. The SMILES string of the molecule is Cc1nonc1C1CCCN1Cc1nc(-c2ccc(Cl)cc2)oc1C. The van der Waals surface area contributed by atoms with Crippen molar-refractivity contribution in [1.82, 2.24) is 20.2 Å². The third-order valence-corrected chi connectivity index (χ3v) is 4.96. The molecule has 1 atom stereocenters. The van der Waals surface area contributed by atoms with E-state index in [9.17, 15) is 0 Å². The summed E-state index contributed by atoms with van der Waals surface area (Å²) in [6.07, 6.45) is 2.17. The molecule has 0 amide bonds. The normalized spacial score (nSPS) is 18.1. The van der Waals surface area contributed by atoms with Crippen LogP contribution in [0.15, 0.2) is 33.3 Å². The summed E-state index contributed by atoms with van der Waals surface area (Å²) >= 11 is 5.95. The van der Waals surface area contributed by atoms with Crippen LogP contribution in [0.25, 0.3) is 11.5 Å². The highest BCUT2D eigenvalue weighted by molar-refractivity contribution is 6.30. The Morgan fingerprint density at radius 3 is 2.72 bits per heavy atom. The zero-order valence-corrected chi connectivity index (χ0v) is 15.0. The van der Waals surface area contributed by atoms with Crippen LogP contribution in [0.1, 0.15) is 41.7 Å². The van der Waals surface area contributed by atoms with Crippen LogP contribution in [-0.2, 0) is 6.54 Å². The maximum atomic E-state index is 5.95. The van der Waals surface area contributed by atoms with E-state index in [1.165, 1.54) is 0 Å². The van der Waals surface area contributed by atoms with E-state index in [-0.39, 0.29) is 6.04 Å². The highest BCUT2D eigenvalue weighted by Crippen LogP contribution is 2.34. The van der Waals surface area contributed by atoms with Gasteiger partial charge in [0.15, 0.2) is 0 Å². The zero-order chi connectivity index (χ0) is 17.4. The first-order valence-electron chi connectivity index (χ1n) is 8.37. The maximum absolute atomic E-state index is 5.95. The Hall–Kier alpha value is -2.18. The number of nitrogens with zero attached hydrogens (tertiary/aromatic N) is 4. The van der Waals surface area contributed by atoms with Crippen LogP contribution >= 0.6 is 11.6 Å². The lowest BCUT2D eigenvalue weighted by Crippen LogP contribution is -2.24. The molecule has 6 nitrogen and oxygen atoms in total. The molecule has 4 rings (SSSR count). The standard InChI is InChI=1S/C18H19ClN4O2/c1-11-17(22-25-21-11)16-4-3-9-23(16)10-15-12(2)24-18(20-15)13-5-7-14(19)8-6-13/h5-8,16H,3-4,9-10H2,1-2H3. The number of likely N-dealkylation sites (tertiary alicyclic amines) is 1. The van der Waals surface area contributed by atoms with Gasteiger partial charge in [0.05, 0.1) is 11.7 Å². The topological polar surface area (TPSA) is 68.2 Å². The first-order chi connectivity index (χ1) is 12.1. The smallest absolute Gasteiger partial charge is 0.226 e. The molecule has 0 spiro atoms. The van der Waals surface area contributed by atoms with Gasteiger partial charge < -0.3 is 4.42 Å². The number of hydrogen-bond acceptors (Lipinski definition) is 6. The fourth-order valence-corrected chi connectivity index (χ4v) is 3.47. The summed E-state index contributed by atoms with van der Waals surface area (Å²) in [4.78, 5) is 7.06. The number of aryl methyl sites for hydroxylation is 2. The monoisotopic (exact) mass is 358 g/mol. The number of aromatic nitrogens is 3. The van der Waals surface area contributed by atoms with Gasteiger partial charge in [-0.1, -0.05) is 21.9 Å². The molecule has 1 fully saturated rings. The van der Waals surface area contributed by atoms with E-state index in [1.807, 2.05) is 38.1 Å². The molecule has 1 aromatic carbocycles. The molecular weight excluding hydrogens is 340 g/mol. The van der Waals surface area contributed by atoms with Gasteiger partial charge in [0.2, 0.25) is 5.89 Å². The Balaban J connectivity index is 1.56. The van der Waals surface area contributed by atoms with E-state index >= 15 is 0 Å². The summed E-state index contributed by atoms with van der Waals surface area (Å²) in [5, 5.41) is 8.70. The molecule has 1 aliphatic heterocycles. The molecule has 2 aromatic heterocycles. The van der Waals surface area contributed by atoms with E-state index < -0.39 is 0 Å². The lowest BCUT2D eigenvalue weighted by atomic mass is 10.1. The number of hydrogen-bond donors (Lipinski definition) is 0. The average Bonchev–Trinajstić information content (AvgIpc) is 3.30. The van der Waals surface area contributed by atoms with Gasteiger partial charge in [-0.3, -0.25) is 4.90 Å². The summed E-state index contributed by atoms with van der Waals surface area (Å²) in [6.45, 7) is 5.61. The summed E-state index contributed by atoms with van der Waals surface area (Å²) in [7, 11) is 0. The summed E-state index contributed by atoms with van der Waals surface area (Å²) in [6, 6.07) is 7.74. The minimum atomic E-state index is 0.223. The second kappa shape index (κ2) is 6.61. The van der Waals surface area contributed by atoms with Gasteiger partial charge in [0.1, 0.15) is 17.1 Å². The van der Waals surface area contributed by atoms with E-state index in [4.69, 9.17) is 25.6 Å². The lowest BCUT2D eigenvalue weighted by molar-refractivity contribution is 0.228. The van der Waals surface area contributed by atoms with Gasteiger partial charge in [-0.15, -0.1) is 0 Å². The predicted molar refractivity (Wildman–Crippen MR) is 93.1 cm³/mol. The third-order valence-electron chi connectivity index (χ3n) is 4.70. The minimum Gasteiger partial charge on any atom is -0.441 e. The van der Waals surface area contributed by atoms with E-state index in [0.717, 1.165) is 54.3 Å². The zero-order valence-electron chi connectivity index (χ0n) is 14.2. The van der Waals surface area contributed by atoms with Gasteiger partial charge >= 0.3 is 0 Å². The van der Waals surface area contributed by atoms with Crippen molar-refractivity contribution in [3.63, 3.8) is 0 Å². The Labute approximate surface area is 150 Å². The van der Waals surface area contributed by atoms with Crippen LogP contribution in [-0.4, -0.2) is 26.7 Å². The van der Waals surface area contributed by atoms with Crippen molar-refractivity contribution in [2.45, 2.75) is 39.3 Å². The van der Waals surface area contributed by atoms with Crippen LogP contribution in [0, 0.1) is 13.8 Å². The first-order valence-corrected chi connectivity index (χ1v) is 8.75. The van der Waals surface area contributed by atoms with E-state index in [0.29, 0.717) is 10.9 Å². The Kier molecular flexibility index (Phi) is 4.31. The molecule has 1 saturated heterocycles. The predicted octanol–water partition coefficient (Wildman–Crippen LogP) is 4.33. The van der Waals surface area contributed by atoms with Gasteiger partial charge in [-0.25, -0.2) is 9.61 Å². The molecule has 0 radical (unpaired) electrons.